The molecule has 3 aromatic rings. The number of carbonyl (C=O) groups is 1. The Balaban J connectivity index is 2.30. The molecule has 2 heterocycles. The van der Waals surface area contributed by atoms with Crippen molar-refractivity contribution in [1.82, 2.24) is 14.6 Å². The molecule has 3 N–H and O–H groups in total. The van der Waals surface area contributed by atoms with Crippen LogP contribution in [0.25, 0.3) is 16.8 Å². The molecule has 2 aromatic heterocycles. The van der Waals surface area contributed by atoms with Crippen LogP contribution >= 0.6 is 0 Å². The van der Waals surface area contributed by atoms with Gasteiger partial charge in [0.25, 0.3) is 0 Å². The smallest absolute Gasteiger partial charge is 0.336 e. The second-order valence-electron chi connectivity index (χ2n) is 4.31. The van der Waals surface area contributed by atoms with Crippen LogP contribution in [0, 0.1) is 11.6 Å². The van der Waals surface area contributed by atoms with Gasteiger partial charge in [0.15, 0.2) is 17.3 Å². The van der Waals surface area contributed by atoms with Crippen molar-refractivity contribution in [2.75, 3.05) is 5.73 Å². The Morgan fingerprint density at radius 3 is 2.67 bits per heavy atom. The van der Waals surface area contributed by atoms with E-state index in [9.17, 15) is 18.7 Å². The normalized spacial score (nSPS) is 11.0. The lowest BCUT2D eigenvalue weighted by Crippen LogP contribution is -2.03. The summed E-state index contributed by atoms with van der Waals surface area (Å²) in [7, 11) is 0. The number of nitrogens with two attached hydrogens (primary N) is 1. The average Bonchev–Trinajstić information content (AvgIpc) is 2.79. The number of benzene rings is 1. The highest BCUT2D eigenvalue weighted by atomic mass is 19.2. The van der Waals surface area contributed by atoms with Crippen LogP contribution in [0.5, 0.6) is 0 Å². The van der Waals surface area contributed by atoms with Crippen LogP contribution < -0.4 is 5.73 Å². The first-order valence-corrected chi connectivity index (χ1v) is 5.80. The molecule has 0 amide bonds. The maximum absolute atomic E-state index is 13.3. The molecule has 1 aromatic carbocycles. The Morgan fingerprint density at radius 1 is 1.24 bits per heavy atom. The van der Waals surface area contributed by atoms with Crippen LogP contribution in [-0.2, 0) is 0 Å². The highest BCUT2D eigenvalue weighted by molar-refractivity contribution is 5.97. The van der Waals surface area contributed by atoms with Crippen molar-refractivity contribution in [3.8, 4) is 11.1 Å². The number of carboxylic acid groups (broad SMARTS) is 1. The predicted molar refractivity (Wildman–Crippen MR) is 69.7 cm³/mol. The molecule has 0 radical (unpaired) electrons. The van der Waals surface area contributed by atoms with Crippen molar-refractivity contribution in [3.63, 3.8) is 0 Å². The lowest BCUT2D eigenvalue weighted by atomic mass is 10.0. The summed E-state index contributed by atoms with van der Waals surface area (Å²) in [5.41, 5.74) is 5.98. The molecule has 0 aliphatic rings. The van der Waals surface area contributed by atoms with E-state index in [0.29, 0.717) is 0 Å². The van der Waals surface area contributed by atoms with Gasteiger partial charge in [-0.3, -0.25) is 0 Å². The maximum atomic E-state index is 13.3. The Labute approximate surface area is 116 Å². The van der Waals surface area contributed by atoms with Gasteiger partial charge in [0.2, 0.25) is 5.95 Å². The molecule has 0 saturated heterocycles. The SMILES string of the molecule is Nc1nc2cc(C(=O)O)c(-c3ccc(F)c(F)c3)cn2n1. The number of carboxylic acids is 1. The summed E-state index contributed by atoms with van der Waals surface area (Å²) in [6.07, 6.45) is 1.36. The maximum Gasteiger partial charge on any atom is 0.336 e. The van der Waals surface area contributed by atoms with E-state index in [1.165, 1.54) is 22.8 Å². The fraction of sp³-hybridized carbons (Fsp3) is 0. The number of aromatic nitrogens is 3. The molecule has 0 aliphatic heterocycles. The summed E-state index contributed by atoms with van der Waals surface area (Å²) >= 11 is 0. The number of anilines is 1. The number of rotatable bonds is 2. The molecular formula is C13H8F2N4O2. The van der Waals surface area contributed by atoms with Crippen molar-refractivity contribution in [2.24, 2.45) is 0 Å². The van der Waals surface area contributed by atoms with Crippen LogP contribution in [0.15, 0.2) is 30.5 Å². The van der Waals surface area contributed by atoms with Gasteiger partial charge in [0.1, 0.15) is 0 Å². The van der Waals surface area contributed by atoms with E-state index in [2.05, 4.69) is 10.1 Å². The zero-order valence-corrected chi connectivity index (χ0v) is 10.4. The minimum absolute atomic E-state index is 0.0197. The van der Waals surface area contributed by atoms with Gasteiger partial charge < -0.3 is 10.8 Å². The number of nitrogen functional groups attached to an aromatic ring is 1. The average molecular weight is 290 g/mol. The highest BCUT2D eigenvalue weighted by Crippen LogP contribution is 2.26. The first kappa shape index (κ1) is 13.0. The van der Waals surface area contributed by atoms with Crippen molar-refractivity contribution in [2.45, 2.75) is 0 Å². The van der Waals surface area contributed by atoms with E-state index >= 15 is 0 Å². The van der Waals surface area contributed by atoms with Crippen LogP contribution in [0.4, 0.5) is 14.7 Å². The monoisotopic (exact) mass is 290 g/mol. The summed E-state index contributed by atoms with van der Waals surface area (Å²) in [6, 6.07) is 4.40. The molecule has 8 heteroatoms. The van der Waals surface area contributed by atoms with Gasteiger partial charge in [-0.25, -0.2) is 18.1 Å². The number of pyridine rings is 1. The number of hydrogen-bond donors (Lipinski definition) is 2. The van der Waals surface area contributed by atoms with E-state index in [-0.39, 0.29) is 28.3 Å². The van der Waals surface area contributed by atoms with Crippen LogP contribution in [0.1, 0.15) is 10.4 Å². The Hall–Kier alpha value is -3.03. The van der Waals surface area contributed by atoms with E-state index in [4.69, 9.17) is 5.73 Å². The van der Waals surface area contributed by atoms with E-state index in [1.807, 2.05) is 0 Å². The molecule has 3 rings (SSSR count). The molecule has 0 bridgehead atoms. The fourth-order valence-electron chi connectivity index (χ4n) is 2.02. The number of fused-ring (bicyclic) bond motifs is 1. The largest absolute Gasteiger partial charge is 0.478 e. The Kier molecular flexibility index (Phi) is 2.79. The third-order valence-corrected chi connectivity index (χ3v) is 2.95. The van der Waals surface area contributed by atoms with Gasteiger partial charge in [-0.1, -0.05) is 6.07 Å². The third kappa shape index (κ3) is 2.16. The summed E-state index contributed by atoms with van der Waals surface area (Å²) in [5.74, 6) is -3.32. The summed E-state index contributed by atoms with van der Waals surface area (Å²) in [6.45, 7) is 0. The second-order valence-corrected chi connectivity index (χ2v) is 4.31. The minimum Gasteiger partial charge on any atom is -0.478 e. The molecule has 21 heavy (non-hydrogen) atoms. The summed E-state index contributed by atoms with van der Waals surface area (Å²) in [4.78, 5) is 15.2. The quantitative estimate of drug-likeness (QED) is 0.752. The molecule has 6 nitrogen and oxygen atoms in total. The van der Waals surface area contributed by atoms with Crippen LogP contribution in [-0.4, -0.2) is 25.7 Å². The zero-order valence-electron chi connectivity index (χ0n) is 10.4. The third-order valence-electron chi connectivity index (χ3n) is 2.95. The molecular weight excluding hydrogens is 282 g/mol. The summed E-state index contributed by atoms with van der Waals surface area (Å²) in [5, 5.41) is 13.1. The Morgan fingerprint density at radius 2 is 2.00 bits per heavy atom. The highest BCUT2D eigenvalue weighted by Gasteiger charge is 2.16. The van der Waals surface area contributed by atoms with Gasteiger partial charge in [0.05, 0.1) is 5.56 Å². The topological polar surface area (TPSA) is 93.5 Å². The second kappa shape index (κ2) is 4.51. The van der Waals surface area contributed by atoms with E-state index in [1.54, 1.807) is 0 Å². The number of halogens is 2. The molecule has 0 spiro atoms. The lowest BCUT2D eigenvalue weighted by Gasteiger charge is -2.07. The van der Waals surface area contributed by atoms with Gasteiger partial charge in [-0.05, 0) is 23.8 Å². The van der Waals surface area contributed by atoms with Crippen molar-refractivity contribution >= 4 is 17.6 Å². The van der Waals surface area contributed by atoms with Gasteiger partial charge in [-0.2, -0.15) is 4.98 Å². The van der Waals surface area contributed by atoms with Crippen molar-refractivity contribution in [3.05, 3.63) is 47.7 Å². The number of hydrogen-bond acceptors (Lipinski definition) is 4. The molecule has 0 saturated carbocycles. The van der Waals surface area contributed by atoms with E-state index < -0.39 is 17.6 Å². The first-order valence-electron chi connectivity index (χ1n) is 5.80. The van der Waals surface area contributed by atoms with Gasteiger partial charge in [-0.15, -0.1) is 5.10 Å². The molecule has 0 aliphatic carbocycles. The van der Waals surface area contributed by atoms with E-state index in [0.717, 1.165) is 12.1 Å². The zero-order chi connectivity index (χ0) is 15.1. The molecule has 0 fully saturated rings. The predicted octanol–water partition coefficient (Wildman–Crippen LogP) is 1.95. The Bertz CT molecular complexity index is 876. The van der Waals surface area contributed by atoms with Crippen LogP contribution in [0.3, 0.4) is 0 Å². The molecule has 0 atom stereocenters. The summed E-state index contributed by atoms with van der Waals surface area (Å²) < 4.78 is 27.6. The van der Waals surface area contributed by atoms with Gasteiger partial charge in [0, 0.05) is 11.8 Å². The molecule has 106 valence electrons. The minimum atomic E-state index is -1.22. The first-order chi connectivity index (χ1) is 9.95. The fourth-order valence-corrected chi connectivity index (χ4v) is 2.02. The van der Waals surface area contributed by atoms with Crippen LogP contribution in [0.2, 0.25) is 0 Å². The van der Waals surface area contributed by atoms with Gasteiger partial charge >= 0.3 is 5.97 Å². The number of aromatic carboxylic acids is 1. The van der Waals surface area contributed by atoms with Crippen molar-refractivity contribution < 1.29 is 18.7 Å². The standard InChI is InChI=1S/C13H8F2N4O2/c14-9-2-1-6(3-10(9)15)8-5-19-11(17-13(16)18-19)4-7(8)12(20)21/h1-5H,(H2,16,18)(H,20,21). The lowest BCUT2D eigenvalue weighted by molar-refractivity contribution is 0.0697. The molecule has 0 unspecified atom stereocenters. The number of nitrogens with zero attached hydrogens (tertiary/aromatic N) is 3. The van der Waals surface area contributed by atoms with Crippen molar-refractivity contribution in [1.29, 1.82) is 0 Å².